The van der Waals surface area contributed by atoms with Crippen molar-refractivity contribution in [3.63, 3.8) is 0 Å². The maximum atomic E-state index is 11.7. The van der Waals surface area contributed by atoms with E-state index in [0.717, 1.165) is 0 Å². The zero-order chi connectivity index (χ0) is 12.8. The third kappa shape index (κ3) is 3.01. The van der Waals surface area contributed by atoms with Crippen molar-refractivity contribution in [1.29, 1.82) is 0 Å². The Kier molecular flexibility index (Phi) is 3.81. The van der Waals surface area contributed by atoms with Gasteiger partial charge in [0.05, 0.1) is 6.26 Å². The normalized spacial score (nSPS) is 9.78. The van der Waals surface area contributed by atoms with Crippen LogP contribution in [0.1, 0.15) is 10.6 Å². The molecule has 1 amide bonds. The summed E-state index contributed by atoms with van der Waals surface area (Å²) in [7, 11) is 0. The number of amides is 1. The predicted molar refractivity (Wildman–Crippen MR) is 68.8 cm³/mol. The lowest BCUT2D eigenvalue weighted by atomic mass is 10.3. The number of nitrogens with one attached hydrogen (secondary N) is 1. The first kappa shape index (κ1) is 12.0. The first-order chi connectivity index (χ1) is 8.79. The highest BCUT2D eigenvalue weighted by atomic mass is 16.5. The third-order valence-corrected chi connectivity index (χ3v) is 2.20. The van der Waals surface area contributed by atoms with Gasteiger partial charge in [-0.1, -0.05) is 18.7 Å². The molecular formula is C14H13NO3. The molecule has 92 valence electrons. The molecule has 0 spiro atoms. The number of carbonyl (C=O) groups excluding carboxylic acids is 1. The average molecular weight is 243 g/mol. The molecule has 0 unspecified atom stereocenters. The molecule has 0 radical (unpaired) electrons. The Morgan fingerprint density at radius 3 is 3.00 bits per heavy atom. The maximum absolute atomic E-state index is 11.7. The van der Waals surface area contributed by atoms with Crippen LogP contribution in [0.25, 0.3) is 0 Å². The van der Waals surface area contributed by atoms with Gasteiger partial charge in [0.1, 0.15) is 12.4 Å². The molecule has 1 heterocycles. The van der Waals surface area contributed by atoms with Crippen LogP contribution in [0.4, 0.5) is 5.69 Å². The van der Waals surface area contributed by atoms with Crippen LogP contribution < -0.4 is 10.1 Å². The topological polar surface area (TPSA) is 51.5 Å². The second kappa shape index (κ2) is 5.72. The van der Waals surface area contributed by atoms with Crippen molar-refractivity contribution < 1.29 is 13.9 Å². The van der Waals surface area contributed by atoms with Crippen molar-refractivity contribution in [2.45, 2.75) is 0 Å². The Hall–Kier alpha value is -2.49. The van der Waals surface area contributed by atoms with Gasteiger partial charge in [0, 0.05) is 11.8 Å². The fourth-order valence-corrected chi connectivity index (χ4v) is 1.42. The smallest absolute Gasteiger partial charge is 0.291 e. The Morgan fingerprint density at radius 1 is 1.39 bits per heavy atom. The lowest BCUT2D eigenvalue weighted by Gasteiger charge is -2.06. The molecule has 2 aromatic rings. The molecule has 0 atom stereocenters. The van der Waals surface area contributed by atoms with Crippen LogP contribution in [0.2, 0.25) is 0 Å². The average Bonchev–Trinajstić information content (AvgIpc) is 2.91. The monoisotopic (exact) mass is 243 g/mol. The van der Waals surface area contributed by atoms with Gasteiger partial charge in [-0.3, -0.25) is 4.79 Å². The van der Waals surface area contributed by atoms with E-state index in [9.17, 15) is 4.79 Å². The highest BCUT2D eigenvalue weighted by molar-refractivity contribution is 6.02. The van der Waals surface area contributed by atoms with Gasteiger partial charge in [0.2, 0.25) is 0 Å². The number of carbonyl (C=O) groups is 1. The first-order valence-corrected chi connectivity index (χ1v) is 5.48. The van der Waals surface area contributed by atoms with Gasteiger partial charge < -0.3 is 14.5 Å². The van der Waals surface area contributed by atoms with Gasteiger partial charge in [0.25, 0.3) is 5.91 Å². The lowest BCUT2D eigenvalue weighted by molar-refractivity contribution is 0.0996. The second-order valence-corrected chi connectivity index (χ2v) is 3.56. The van der Waals surface area contributed by atoms with E-state index in [1.165, 1.54) is 6.26 Å². The SMILES string of the molecule is C=CCOc1cccc(NC(=O)c2ccco2)c1. The van der Waals surface area contributed by atoms with E-state index in [-0.39, 0.29) is 11.7 Å². The molecule has 4 heteroatoms. The van der Waals surface area contributed by atoms with Crippen LogP contribution in [-0.4, -0.2) is 12.5 Å². The van der Waals surface area contributed by atoms with E-state index < -0.39 is 0 Å². The Balaban J connectivity index is 2.05. The summed E-state index contributed by atoms with van der Waals surface area (Å²) in [5.41, 5.74) is 0.651. The van der Waals surface area contributed by atoms with Crippen LogP contribution in [0.5, 0.6) is 5.75 Å². The Labute approximate surface area is 105 Å². The summed E-state index contributed by atoms with van der Waals surface area (Å²) in [6, 6.07) is 10.4. The van der Waals surface area contributed by atoms with Crippen LogP contribution >= 0.6 is 0 Å². The molecule has 0 aliphatic carbocycles. The van der Waals surface area contributed by atoms with Crippen molar-refractivity contribution in [3.05, 3.63) is 61.1 Å². The van der Waals surface area contributed by atoms with Gasteiger partial charge in [-0.15, -0.1) is 0 Å². The summed E-state index contributed by atoms with van der Waals surface area (Å²) in [6.45, 7) is 4.00. The number of rotatable bonds is 5. The van der Waals surface area contributed by atoms with E-state index in [1.807, 2.05) is 6.07 Å². The zero-order valence-electron chi connectivity index (χ0n) is 9.76. The molecule has 1 aromatic heterocycles. The third-order valence-electron chi connectivity index (χ3n) is 2.20. The molecular weight excluding hydrogens is 230 g/mol. The molecule has 0 aliphatic rings. The summed E-state index contributed by atoms with van der Waals surface area (Å²) in [5.74, 6) is 0.653. The minimum Gasteiger partial charge on any atom is -0.489 e. The number of anilines is 1. The molecule has 18 heavy (non-hydrogen) atoms. The first-order valence-electron chi connectivity index (χ1n) is 5.48. The van der Waals surface area contributed by atoms with E-state index >= 15 is 0 Å². The van der Waals surface area contributed by atoms with Crippen LogP contribution in [0.15, 0.2) is 59.7 Å². The predicted octanol–water partition coefficient (Wildman–Crippen LogP) is 3.10. The molecule has 0 fully saturated rings. The summed E-state index contributed by atoms with van der Waals surface area (Å²) in [5, 5.41) is 2.72. The number of furan rings is 1. The Bertz CT molecular complexity index is 532. The standard InChI is InChI=1S/C14H13NO3/c1-2-8-17-12-6-3-5-11(10-12)15-14(16)13-7-4-9-18-13/h2-7,9-10H,1,8H2,(H,15,16). The fraction of sp³-hybridized carbons (Fsp3) is 0.0714. The number of benzene rings is 1. The molecule has 1 N–H and O–H groups in total. The van der Waals surface area contributed by atoms with Gasteiger partial charge in [-0.2, -0.15) is 0 Å². The minimum absolute atomic E-state index is 0.271. The van der Waals surface area contributed by atoms with Crippen molar-refractivity contribution >= 4 is 11.6 Å². The van der Waals surface area contributed by atoms with Crippen molar-refractivity contribution in [2.75, 3.05) is 11.9 Å². The van der Waals surface area contributed by atoms with Gasteiger partial charge in [0.15, 0.2) is 5.76 Å². The minimum atomic E-state index is -0.291. The summed E-state index contributed by atoms with van der Waals surface area (Å²) in [6.07, 6.45) is 3.12. The number of hydrogen-bond acceptors (Lipinski definition) is 3. The molecule has 0 saturated heterocycles. The Morgan fingerprint density at radius 2 is 2.28 bits per heavy atom. The second-order valence-electron chi connectivity index (χ2n) is 3.56. The van der Waals surface area contributed by atoms with Crippen LogP contribution in [0.3, 0.4) is 0 Å². The van der Waals surface area contributed by atoms with Crippen molar-refractivity contribution in [2.24, 2.45) is 0 Å². The van der Waals surface area contributed by atoms with Crippen LogP contribution in [0, 0.1) is 0 Å². The molecule has 4 nitrogen and oxygen atoms in total. The van der Waals surface area contributed by atoms with Crippen LogP contribution in [-0.2, 0) is 0 Å². The number of hydrogen-bond donors (Lipinski definition) is 1. The zero-order valence-corrected chi connectivity index (χ0v) is 9.76. The van der Waals surface area contributed by atoms with Crippen molar-refractivity contribution in [1.82, 2.24) is 0 Å². The van der Waals surface area contributed by atoms with Gasteiger partial charge in [-0.25, -0.2) is 0 Å². The summed E-state index contributed by atoms with van der Waals surface area (Å²) < 4.78 is 10.4. The highest BCUT2D eigenvalue weighted by Gasteiger charge is 2.08. The largest absolute Gasteiger partial charge is 0.489 e. The van der Waals surface area contributed by atoms with Crippen molar-refractivity contribution in [3.8, 4) is 5.75 Å². The molecule has 2 rings (SSSR count). The molecule has 0 aliphatic heterocycles. The maximum Gasteiger partial charge on any atom is 0.291 e. The summed E-state index contributed by atoms with van der Waals surface area (Å²) in [4.78, 5) is 11.7. The van der Waals surface area contributed by atoms with Gasteiger partial charge >= 0.3 is 0 Å². The van der Waals surface area contributed by atoms with E-state index in [0.29, 0.717) is 18.0 Å². The molecule has 0 saturated carbocycles. The van der Waals surface area contributed by atoms with E-state index in [1.54, 1.807) is 36.4 Å². The quantitative estimate of drug-likeness (QED) is 0.821. The highest BCUT2D eigenvalue weighted by Crippen LogP contribution is 2.18. The van der Waals surface area contributed by atoms with E-state index in [4.69, 9.17) is 9.15 Å². The van der Waals surface area contributed by atoms with E-state index in [2.05, 4.69) is 11.9 Å². The lowest BCUT2D eigenvalue weighted by Crippen LogP contribution is -2.10. The fourth-order valence-electron chi connectivity index (χ4n) is 1.42. The summed E-state index contributed by atoms with van der Waals surface area (Å²) >= 11 is 0. The number of ether oxygens (including phenoxy) is 1. The van der Waals surface area contributed by atoms with Gasteiger partial charge in [-0.05, 0) is 24.3 Å². The molecule has 0 bridgehead atoms. The molecule has 1 aromatic carbocycles.